The SMILES string of the molecule is COc1ccc(-c2nc(CN(C)Cc3ccccc3C)co2)cc1. The van der Waals surface area contributed by atoms with Gasteiger partial charge in [0.05, 0.1) is 12.8 Å². The van der Waals surface area contributed by atoms with E-state index < -0.39 is 0 Å². The van der Waals surface area contributed by atoms with Crippen molar-refractivity contribution in [3.05, 3.63) is 71.6 Å². The summed E-state index contributed by atoms with van der Waals surface area (Å²) in [6.45, 7) is 3.77. The molecule has 0 aliphatic carbocycles. The van der Waals surface area contributed by atoms with Crippen LogP contribution in [0.2, 0.25) is 0 Å². The standard InChI is InChI=1S/C20H22N2O2/c1-15-6-4-5-7-17(15)12-22(2)13-18-14-24-20(21-18)16-8-10-19(23-3)11-9-16/h4-11,14H,12-13H2,1-3H3. The lowest BCUT2D eigenvalue weighted by Gasteiger charge is -2.16. The van der Waals surface area contributed by atoms with E-state index in [0.717, 1.165) is 30.1 Å². The molecule has 0 bridgehead atoms. The highest BCUT2D eigenvalue weighted by atomic mass is 16.5. The van der Waals surface area contributed by atoms with E-state index in [-0.39, 0.29) is 0 Å². The average Bonchev–Trinajstić information content (AvgIpc) is 3.05. The van der Waals surface area contributed by atoms with Crippen LogP contribution in [0.15, 0.2) is 59.2 Å². The summed E-state index contributed by atoms with van der Waals surface area (Å²) in [5, 5.41) is 0. The van der Waals surface area contributed by atoms with Crippen LogP contribution in [-0.4, -0.2) is 24.0 Å². The van der Waals surface area contributed by atoms with Gasteiger partial charge in [-0.05, 0) is 49.4 Å². The monoisotopic (exact) mass is 322 g/mol. The van der Waals surface area contributed by atoms with Crippen molar-refractivity contribution in [3.63, 3.8) is 0 Å². The second-order valence-corrected chi connectivity index (χ2v) is 5.97. The first kappa shape index (κ1) is 16.3. The first-order valence-corrected chi connectivity index (χ1v) is 7.97. The molecule has 0 fully saturated rings. The third-order valence-corrected chi connectivity index (χ3v) is 4.02. The van der Waals surface area contributed by atoms with Gasteiger partial charge >= 0.3 is 0 Å². The zero-order chi connectivity index (χ0) is 16.9. The zero-order valence-electron chi connectivity index (χ0n) is 14.3. The first-order chi connectivity index (χ1) is 11.7. The predicted molar refractivity (Wildman–Crippen MR) is 94.8 cm³/mol. The van der Waals surface area contributed by atoms with E-state index in [9.17, 15) is 0 Å². The van der Waals surface area contributed by atoms with Crippen LogP contribution in [0.4, 0.5) is 0 Å². The maximum Gasteiger partial charge on any atom is 0.226 e. The quantitative estimate of drug-likeness (QED) is 0.678. The minimum absolute atomic E-state index is 0.636. The largest absolute Gasteiger partial charge is 0.497 e. The van der Waals surface area contributed by atoms with Crippen LogP contribution in [0.25, 0.3) is 11.5 Å². The molecule has 0 radical (unpaired) electrons. The van der Waals surface area contributed by atoms with Gasteiger partial charge in [0.1, 0.15) is 12.0 Å². The van der Waals surface area contributed by atoms with E-state index in [4.69, 9.17) is 9.15 Å². The number of hydrogen-bond acceptors (Lipinski definition) is 4. The third kappa shape index (κ3) is 3.84. The molecular formula is C20H22N2O2. The lowest BCUT2D eigenvalue weighted by molar-refractivity contribution is 0.314. The Morgan fingerprint density at radius 3 is 2.50 bits per heavy atom. The highest BCUT2D eigenvalue weighted by Crippen LogP contribution is 2.22. The van der Waals surface area contributed by atoms with Crippen molar-refractivity contribution in [1.82, 2.24) is 9.88 Å². The molecule has 0 unspecified atom stereocenters. The summed E-state index contributed by atoms with van der Waals surface area (Å²) < 4.78 is 10.8. The number of oxazole rings is 1. The Hall–Kier alpha value is -2.59. The summed E-state index contributed by atoms with van der Waals surface area (Å²) >= 11 is 0. The van der Waals surface area contributed by atoms with Crippen LogP contribution in [0.1, 0.15) is 16.8 Å². The van der Waals surface area contributed by atoms with Crippen molar-refractivity contribution < 1.29 is 9.15 Å². The number of methoxy groups -OCH3 is 1. The lowest BCUT2D eigenvalue weighted by Crippen LogP contribution is -2.18. The average molecular weight is 322 g/mol. The van der Waals surface area contributed by atoms with Gasteiger partial charge in [0.25, 0.3) is 0 Å². The molecule has 0 spiro atoms. The number of hydrogen-bond donors (Lipinski definition) is 0. The van der Waals surface area contributed by atoms with Gasteiger partial charge in [-0.25, -0.2) is 4.98 Å². The van der Waals surface area contributed by atoms with Gasteiger partial charge in [-0.15, -0.1) is 0 Å². The molecule has 0 saturated carbocycles. The van der Waals surface area contributed by atoms with E-state index in [1.807, 2.05) is 24.3 Å². The molecule has 0 aliphatic heterocycles. The Morgan fingerprint density at radius 1 is 1.04 bits per heavy atom. The second kappa shape index (κ2) is 7.32. The van der Waals surface area contributed by atoms with Gasteiger partial charge in [0.15, 0.2) is 0 Å². The van der Waals surface area contributed by atoms with Crippen molar-refractivity contribution in [1.29, 1.82) is 0 Å². The van der Waals surface area contributed by atoms with Crippen LogP contribution in [-0.2, 0) is 13.1 Å². The first-order valence-electron chi connectivity index (χ1n) is 7.97. The van der Waals surface area contributed by atoms with Crippen LogP contribution in [0.3, 0.4) is 0 Å². The molecular weight excluding hydrogens is 300 g/mol. The van der Waals surface area contributed by atoms with E-state index >= 15 is 0 Å². The fraction of sp³-hybridized carbons (Fsp3) is 0.250. The molecule has 24 heavy (non-hydrogen) atoms. The Labute approximate surface area is 142 Å². The van der Waals surface area contributed by atoms with E-state index in [2.05, 4.69) is 48.1 Å². The molecule has 124 valence electrons. The minimum atomic E-state index is 0.636. The molecule has 1 heterocycles. The van der Waals surface area contributed by atoms with Crippen molar-refractivity contribution in [2.45, 2.75) is 20.0 Å². The fourth-order valence-corrected chi connectivity index (χ4v) is 2.66. The zero-order valence-corrected chi connectivity index (χ0v) is 14.3. The van der Waals surface area contributed by atoms with Crippen molar-refractivity contribution in [2.75, 3.05) is 14.2 Å². The van der Waals surface area contributed by atoms with Gasteiger partial charge in [0, 0.05) is 18.7 Å². The summed E-state index contributed by atoms with van der Waals surface area (Å²) in [5.41, 5.74) is 4.52. The number of ether oxygens (including phenoxy) is 1. The lowest BCUT2D eigenvalue weighted by atomic mass is 10.1. The molecule has 1 aromatic heterocycles. The van der Waals surface area contributed by atoms with E-state index in [1.165, 1.54) is 11.1 Å². The highest BCUT2D eigenvalue weighted by molar-refractivity contribution is 5.54. The van der Waals surface area contributed by atoms with E-state index in [1.54, 1.807) is 13.4 Å². The van der Waals surface area contributed by atoms with Gasteiger partial charge in [-0.3, -0.25) is 4.90 Å². The van der Waals surface area contributed by atoms with Crippen molar-refractivity contribution in [3.8, 4) is 17.2 Å². The van der Waals surface area contributed by atoms with Crippen LogP contribution in [0, 0.1) is 6.92 Å². The molecule has 4 nitrogen and oxygen atoms in total. The molecule has 0 aliphatic rings. The smallest absolute Gasteiger partial charge is 0.226 e. The number of nitrogens with zero attached hydrogens (tertiary/aromatic N) is 2. The van der Waals surface area contributed by atoms with E-state index in [0.29, 0.717) is 5.89 Å². The Kier molecular flexibility index (Phi) is 4.96. The maximum absolute atomic E-state index is 5.62. The number of benzene rings is 2. The van der Waals surface area contributed by atoms with Crippen LogP contribution < -0.4 is 4.74 Å². The summed E-state index contributed by atoms with van der Waals surface area (Å²) in [5.74, 6) is 1.46. The minimum Gasteiger partial charge on any atom is -0.497 e. The number of aryl methyl sites for hydroxylation is 1. The molecule has 0 N–H and O–H groups in total. The number of rotatable bonds is 6. The molecule has 4 heteroatoms. The highest BCUT2D eigenvalue weighted by Gasteiger charge is 2.10. The van der Waals surface area contributed by atoms with Gasteiger partial charge < -0.3 is 9.15 Å². The summed E-state index contributed by atoms with van der Waals surface area (Å²) in [6.07, 6.45) is 1.73. The van der Waals surface area contributed by atoms with Crippen LogP contribution >= 0.6 is 0 Å². The summed E-state index contributed by atoms with van der Waals surface area (Å²) in [4.78, 5) is 6.82. The Morgan fingerprint density at radius 2 is 1.79 bits per heavy atom. The third-order valence-electron chi connectivity index (χ3n) is 4.02. The molecule has 0 amide bonds. The molecule has 2 aromatic carbocycles. The molecule has 3 rings (SSSR count). The fourth-order valence-electron chi connectivity index (χ4n) is 2.66. The van der Waals surface area contributed by atoms with Gasteiger partial charge in [0.2, 0.25) is 5.89 Å². The van der Waals surface area contributed by atoms with Crippen molar-refractivity contribution >= 4 is 0 Å². The topological polar surface area (TPSA) is 38.5 Å². The molecule has 0 atom stereocenters. The van der Waals surface area contributed by atoms with Crippen molar-refractivity contribution in [2.24, 2.45) is 0 Å². The maximum atomic E-state index is 5.62. The number of aromatic nitrogens is 1. The molecule has 0 saturated heterocycles. The summed E-state index contributed by atoms with van der Waals surface area (Å²) in [6, 6.07) is 16.2. The summed E-state index contributed by atoms with van der Waals surface area (Å²) in [7, 11) is 3.75. The normalized spacial score (nSPS) is 11.0. The Balaban J connectivity index is 1.66. The van der Waals surface area contributed by atoms with Gasteiger partial charge in [-0.2, -0.15) is 0 Å². The predicted octanol–water partition coefficient (Wildman–Crippen LogP) is 4.29. The molecule has 3 aromatic rings. The second-order valence-electron chi connectivity index (χ2n) is 5.97. The van der Waals surface area contributed by atoms with Crippen LogP contribution in [0.5, 0.6) is 5.75 Å². The van der Waals surface area contributed by atoms with Gasteiger partial charge in [-0.1, -0.05) is 24.3 Å². The Bertz CT molecular complexity index is 793.